The Morgan fingerprint density at radius 1 is 0.652 bits per heavy atom. The molecule has 0 aliphatic rings. The van der Waals surface area contributed by atoms with Gasteiger partial charge in [-0.25, -0.2) is 0 Å². The molecule has 4 rings (SSSR count). The largest absolute Gasteiger partial charge is 0.256 e. The van der Waals surface area contributed by atoms with Gasteiger partial charge in [0, 0.05) is 17.3 Å². The van der Waals surface area contributed by atoms with Crippen LogP contribution in [0.15, 0.2) is 85.1 Å². The first-order chi connectivity index (χ1) is 11.3. The Morgan fingerprint density at radius 3 is 2.22 bits per heavy atom. The maximum absolute atomic E-state index is 4.72. The molecule has 0 fully saturated rings. The third-order valence-electron chi connectivity index (χ3n) is 4.29. The van der Waals surface area contributed by atoms with E-state index in [1.54, 1.807) is 0 Å². The second-order valence-electron chi connectivity index (χ2n) is 5.77. The monoisotopic (exact) mass is 295 g/mol. The number of pyridine rings is 1. The molecule has 0 aliphatic carbocycles. The Hall–Kier alpha value is -2.93. The lowest BCUT2D eigenvalue weighted by Gasteiger charge is -2.08. The van der Waals surface area contributed by atoms with Crippen LogP contribution in [0.2, 0.25) is 0 Å². The molecule has 0 atom stereocenters. The summed E-state index contributed by atoms with van der Waals surface area (Å²) >= 11 is 0. The van der Waals surface area contributed by atoms with Crippen molar-refractivity contribution in [3.05, 3.63) is 90.6 Å². The lowest BCUT2D eigenvalue weighted by atomic mass is 9.99. The minimum absolute atomic E-state index is 1.01. The summed E-state index contributed by atoms with van der Waals surface area (Å²) in [6, 6.07) is 27.5. The van der Waals surface area contributed by atoms with E-state index in [-0.39, 0.29) is 0 Å². The molecule has 0 spiro atoms. The van der Waals surface area contributed by atoms with Gasteiger partial charge in [0.15, 0.2) is 0 Å². The van der Waals surface area contributed by atoms with Crippen LogP contribution in [-0.4, -0.2) is 4.98 Å². The van der Waals surface area contributed by atoms with Gasteiger partial charge in [0.05, 0.1) is 5.69 Å². The summed E-state index contributed by atoms with van der Waals surface area (Å²) in [4.78, 5) is 4.72. The van der Waals surface area contributed by atoms with Crippen molar-refractivity contribution in [1.82, 2.24) is 4.98 Å². The van der Waals surface area contributed by atoms with Crippen molar-refractivity contribution in [3.8, 4) is 22.4 Å². The predicted octanol–water partition coefficient (Wildman–Crippen LogP) is 5.88. The number of hydrogen-bond acceptors (Lipinski definition) is 1. The smallest absolute Gasteiger partial charge is 0.0708 e. The summed E-state index contributed by atoms with van der Waals surface area (Å²) in [6.45, 7) is 2.13. The van der Waals surface area contributed by atoms with Crippen molar-refractivity contribution in [2.45, 2.75) is 6.92 Å². The zero-order valence-electron chi connectivity index (χ0n) is 13.0. The van der Waals surface area contributed by atoms with Crippen LogP contribution in [0.1, 0.15) is 5.56 Å². The van der Waals surface area contributed by atoms with Crippen molar-refractivity contribution < 1.29 is 0 Å². The zero-order chi connectivity index (χ0) is 15.6. The Kier molecular flexibility index (Phi) is 3.39. The highest BCUT2D eigenvalue weighted by Crippen LogP contribution is 2.29. The maximum Gasteiger partial charge on any atom is 0.0708 e. The maximum atomic E-state index is 4.72. The normalized spacial score (nSPS) is 10.8. The Morgan fingerprint density at radius 2 is 1.39 bits per heavy atom. The van der Waals surface area contributed by atoms with Crippen LogP contribution < -0.4 is 0 Å². The molecule has 1 nitrogen and oxygen atoms in total. The molecule has 110 valence electrons. The quantitative estimate of drug-likeness (QED) is 0.450. The van der Waals surface area contributed by atoms with Gasteiger partial charge < -0.3 is 0 Å². The molecule has 0 unspecified atom stereocenters. The molecule has 0 aliphatic heterocycles. The van der Waals surface area contributed by atoms with E-state index in [2.05, 4.69) is 85.8 Å². The molecule has 0 saturated carbocycles. The molecule has 0 saturated heterocycles. The summed E-state index contributed by atoms with van der Waals surface area (Å²) in [6.07, 6.45) is 1.97. The highest BCUT2D eigenvalue weighted by molar-refractivity contribution is 5.95. The van der Waals surface area contributed by atoms with E-state index in [4.69, 9.17) is 4.98 Å². The van der Waals surface area contributed by atoms with E-state index in [0.29, 0.717) is 0 Å². The van der Waals surface area contributed by atoms with Gasteiger partial charge in [-0.15, -0.1) is 0 Å². The van der Waals surface area contributed by atoms with Crippen LogP contribution in [0.4, 0.5) is 0 Å². The van der Waals surface area contributed by atoms with E-state index >= 15 is 0 Å². The van der Waals surface area contributed by atoms with Gasteiger partial charge in [-0.3, -0.25) is 4.98 Å². The minimum Gasteiger partial charge on any atom is -0.256 e. The van der Waals surface area contributed by atoms with Gasteiger partial charge >= 0.3 is 0 Å². The minimum atomic E-state index is 1.01. The first-order valence-electron chi connectivity index (χ1n) is 7.83. The Bertz CT molecular complexity index is 963. The van der Waals surface area contributed by atoms with Crippen molar-refractivity contribution in [1.29, 1.82) is 0 Å². The van der Waals surface area contributed by atoms with Gasteiger partial charge in [0.25, 0.3) is 0 Å². The van der Waals surface area contributed by atoms with Crippen LogP contribution in [0.25, 0.3) is 33.2 Å². The fourth-order valence-corrected chi connectivity index (χ4v) is 3.06. The van der Waals surface area contributed by atoms with Crippen LogP contribution in [0, 0.1) is 6.92 Å². The third kappa shape index (κ3) is 2.51. The van der Waals surface area contributed by atoms with Crippen LogP contribution in [0.3, 0.4) is 0 Å². The number of hydrogen-bond donors (Lipinski definition) is 0. The molecule has 0 radical (unpaired) electrons. The van der Waals surface area contributed by atoms with E-state index < -0.39 is 0 Å². The molecule has 1 heteroatoms. The molecule has 0 amide bonds. The average Bonchev–Trinajstić information content (AvgIpc) is 2.62. The van der Waals surface area contributed by atoms with Gasteiger partial charge in [0.2, 0.25) is 0 Å². The molecule has 0 bridgehead atoms. The first-order valence-corrected chi connectivity index (χ1v) is 7.83. The van der Waals surface area contributed by atoms with Gasteiger partial charge in [-0.05, 0) is 34.9 Å². The summed E-state index contributed by atoms with van der Waals surface area (Å²) in [5, 5.41) is 2.49. The lowest BCUT2D eigenvalue weighted by molar-refractivity contribution is 1.32. The summed E-state index contributed by atoms with van der Waals surface area (Å²) < 4.78 is 0. The number of fused-ring (bicyclic) bond motifs is 1. The van der Waals surface area contributed by atoms with E-state index in [1.807, 2.05) is 6.20 Å². The summed E-state index contributed by atoms with van der Waals surface area (Å²) in [7, 11) is 0. The van der Waals surface area contributed by atoms with Gasteiger partial charge in [0.1, 0.15) is 0 Å². The lowest BCUT2D eigenvalue weighted by Crippen LogP contribution is -1.88. The van der Waals surface area contributed by atoms with Crippen molar-refractivity contribution >= 4 is 10.8 Å². The highest BCUT2D eigenvalue weighted by Gasteiger charge is 2.06. The van der Waals surface area contributed by atoms with Crippen LogP contribution >= 0.6 is 0 Å². The molecule has 4 aromatic rings. The van der Waals surface area contributed by atoms with Crippen molar-refractivity contribution in [2.24, 2.45) is 0 Å². The zero-order valence-corrected chi connectivity index (χ0v) is 13.0. The van der Waals surface area contributed by atoms with E-state index in [0.717, 1.165) is 11.3 Å². The summed E-state index contributed by atoms with van der Waals surface area (Å²) in [5.74, 6) is 0. The topological polar surface area (TPSA) is 12.9 Å². The molecule has 23 heavy (non-hydrogen) atoms. The number of benzene rings is 3. The van der Waals surface area contributed by atoms with Crippen LogP contribution in [0.5, 0.6) is 0 Å². The molecule has 1 aromatic heterocycles. The number of aromatic nitrogens is 1. The predicted molar refractivity (Wildman–Crippen MR) is 97.4 cm³/mol. The average molecular weight is 295 g/mol. The second kappa shape index (κ2) is 5.69. The fraction of sp³-hybridized carbons (Fsp3) is 0.0455. The third-order valence-corrected chi connectivity index (χ3v) is 4.29. The highest BCUT2D eigenvalue weighted by atomic mass is 14.7. The Labute approximate surface area is 136 Å². The van der Waals surface area contributed by atoms with Crippen LogP contribution in [-0.2, 0) is 0 Å². The number of rotatable bonds is 2. The molecular formula is C22H17N. The number of nitrogens with zero attached hydrogens (tertiary/aromatic N) is 1. The Balaban J connectivity index is 1.80. The second-order valence-corrected chi connectivity index (χ2v) is 5.77. The van der Waals surface area contributed by atoms with Gasteiger partial charge in [-0.2, -0.15) is 0 Å². The van der Waals surface area contributed by atoms with Crippen molar-refractivity contribution in [2.75, 3.05) is 0 Å². The molecule has 1 heterocycles. The van der Waals surface area contributed by atoms with Crippen molar-refractivity contribution in [3.63, 3.8) is 0 Å². The van der Waals surface area contributed by atoms with E-state index in [9.17, 15) is 0 Å². The molecular weight excluding hydrogens is 278 g/mol. The molecule has 3 aromatic carbocycles. The standard InChI is InChI=1S/C22H17N/c1-16-7-2-4-10-19(16)18-13-14-22(23-15-18)21-12-6-9-17-8-3-5-11-20(17)21/h2-15H,1H3. The fourth-order valence-electron chi connectivity index (χ4n) is 3.06. The SMILES string of the molecule is Cc1ccccc1-c1ccc(-c2cccc3ccccc23)nc1. The summed E-state index contributed by atoms with van der Waals surface area (Å²) in [5.41, 5.74) is 5.86. The first kappa shape index (κ1) is 13.7. The molecule has 0 N–H and O–H groups in total. The van der Waals surface area contributed by atoms with E-state index in [1.165, 1.54) is 27.5 Å². The van der Waals surface area contributed by atoms with Gasteiger partial charge in [-0.1, -0.05) is 72.8 Å². The number of aryl methyl sites for hydroxylation is 1.